The molecule has 0 radical (unpaired) electrons. The van der Waals surface area contributed by atoms with Crippen LogP contribution in [-0.2, 0) is 14.3 Å². The lowest BCUT2D eigenvalue weighted by Crippen LogP contribution is -2.22. The third-order valence-corrected chi connectivity index (χ3v) is 1.37. The molecule has 0 bridgehead atoms. The maximum absolute atomic E-state index is 10.6. The number of carbonyl (C=O) groups excluding carboxylic acids is 2. The van der Waals surface area contributed by atoms with Gasteiger partial charge in [-0.05, 0) is 12.5 Å². The van der Waals surface area contributed by atoms with E-state index in [0.29, 0.717) is 0 Å². The number of allylic oxidation sites excluding steroid dienone is 1. The molecule has 0 aromatic rings. The Morgan fingerprint density at radius 3 is 2.67 bits per heavy atom. The van der Waals surface area contributed by atoms with E-state index in [4.69, 9.17) is 5.11 Å². The van der Waals surface area contributed by atoms with Crippen LogP contribution < -0.4 is 0 Å². The van der Waals surface area contributed by atoms with E-state index in [0.717, 1.165) is 6.08 Å². The minimum atomic E-state index is -1.21. The van der Waals surface area contributed by atoms with Crippen LogP contribution in [0.25, 0.3) is 0 Å². The molecule has 4 nitrogen and oxygen atoms in total. The van der Waals surface area contributed by atoms with Crippen molar-refractivity contribution in [3.05, 3.63) is 12.7 Å². The van der Waals surface area contributed by atoms with Crippen molar-refractivity contribution in [1.29, 1.82) is 0 Å². The molecular weight excluding hydrogens is 160 g/mol. The van der Waals surface area contributed by atoms with Crippen molar-refractivity contribution in [1.82, 2.24) is 0 Å². The maximum atomic E-state index is 10.6. The van der Waals surface area contributed by atoms with Gasteiger partial charge in [-0.3, -0.25) is 4.79 Å². The van der Waals surface area contributed by atoms with E-state index in [1.165, 1.54) is 7.11 Å². The minimum absolute atomic E-state index is 0.0809. The number of rotatable bonds is 5. The Kier molecular flexibility index (Phi) is 4.96. The molecule has 0 spiro atoms. The Balaban J connectivity index is 3.70. The average molecular weight is 172 g/mol. The summed E-state index contributed by atoms with van der Waals surface area (Å²) in [7, 11) is 1.18. The molecule has 0 aliphatic heterocycles. The fourth-order valence-electron chi connectivity index (χ4n) is 0.635. The van der Waals surface area contributed by atoms with Gasteiger partial charge in [-0.1, -0.05) is 6.58 Å². The summed E-state index contributed by atoms with van der Waals surface area (Å²) in [5.74, 6) is -0.912. The molecular formula is C8H12O4. The number of carbonyl (C=O) groups is 2. The van der Waals surface area contributed by atoms with Gasteiger partial charge in [0.1, 0.15) is 0 Å². The topological polar surface area (TPSA) is 63.6 Å². The molecule has 68 valence electrons. The lowest BCUT2D eigenvalue weighted by Gasteiger charge is -2.05. The lowest BCUT2D eigenvalue weighted by molar-refractivity contribution is -0.150. The number of methoxy groups -OCH3 is 1. The van der Waals surface area contributed by atoms with E-state index in [9.17, 15) is 9.59 Å². The predicted molar refractivity (Wildman–Crippen MR) is 42.5 cm³/mol. The Morgan fingerprint density at radius 2 is 2.25 bits per heavy atom. The van der Waals surface area contributed by atoms with Gasteiger partial charge in [0.15, 0.2) is 11.9 Å². The second-order valence-corrected chi connectivity index (χ2v) is 2.25. The van der Waals surface area contributed by atoms with Crippen LogP contribution in [0.1, 0.15) is 12.8 Å². The molecule has 0 heterocycles. The SMILES string of the molecule is C=CC(=O)CC[C@@H](O)C(=O)OC. The summed E-state index contributed by atoms with van der Waals surface area (Å²) in [5.41, 5.74) is 0. The van der Waals surface area contributed by atoms with Gasteiger partial charge in [-0.2, -0.15) is 0 Å². The minimum Gasteiger partial charge on any atom is -0.467 e. The molecule has 0 saturated carbocycles. The van der Waals surface area contributed by atoms with Crippen LogP contribution in [0.5, 0.6) is 0 Å². The summed E-state index contributed by atoms with van der Waals surface area (Å²) in [5, 5.41) is 9.00. The van der Waals surface area contributed by atoms with E-state index < -0.39 is 12.1 Å². The van der Waals surface area contributed by atoms with Crippen molar-refractivity contribution >= 4 is 11.8 Å². The van der Waals surface area contributed by atoms with E-state index in [1.807, 2.05) is 0 Å². The Labute approximate surface area is 70.8 Å². The van der Waals surface area contributed by atoms with Crippen molar-refractivity contribution < 1.29 is 19.4 Å². The second-order valence-electron chi connectivity index (χ2n) is 2.25. The molecule has 0 unspecified atom stereocenters. The first-order valence-corrected chi connectivity index (χ1v) is 3.53. The second kappa shape index (κ2) is 5.49. The lowest BCUT2D eigenvalue weighted by atomic mass is 10.1. The largest absolute Gasteiger partial charge is 0.467 e. The Bertz CT molecular complexity index is 185. The van der Waals surface area contributed by atoms with Gasteiger partial charge < -0.3 is 9.84 Å². The van der Waals surface area contributed by atoms with E-state index in [1.54, 1.807) is 0 Å². The van der Waals surface area contributed by atoms with Crippen LogP contribution in [0.2, 0.25) is 0 Å². The maximum Gasteiger partial charge on any atom is 0.334 e. The average Bonchev–Trinajstić information content (AvgIpc) is 2.11. The number of hydrogen-bond donors (Lipinski definition) is 1. The van der Waals surface area contributed by atoms with Gasteiger partial charge in [-0.25, -0.2) is 4.79 Å². The van der Waals surface area contributed by atoms with Crippen LogP contribution in [0.15, 0.2) is 12.7 Å². The zero-order chi connectivity index (χ0) is 9.56. The van der Waals surface area contributed by atoms with E-state index >= 15 is 0 Å². The van der Waals surface area contributed by atoms with E-state index in [-0.39, 0.29) is 18.6 Å². The smallest absolute Gasteiger partial charge is 0.334 e. The zero-order valence-electron chi connectivity index (χ0n) is 6.95. The number of aliphatic hydroxyl groups excluding tert-OH is 1. The quantitative estimate of drug-likeness (QED) is 0.470. The summed E-state index contributed by atoms with van der Waals surface area (Å²) < 4.78 is 4.25. The van der Waals surface area contributed by atoms with Crippen LogP contribution in [0.4, 0.5) is 0 Å². The monoisotopic (exact) mass is 172 g/mol. The first kappa shape index (κ1) is 10.8. The number of ketones is 1. The van der Waals surface area contributed by atoms with Gasteiger partial charge in [0, 0.05) is 6.42 Å². The van der Waals surface area contributed by atoms with Crippen LogP contribution >= 0.6 is 0 Å². The molecule has 0 amide bonds. The molecule has 0 aromatic heterocycles. The first-order valence-electron chi connectivity index (χ1n) is 3.53. The van der Waals surface area contributed by atoms with E-state index in [2.05, 4.69) is 11.3 Å². The summed E-state index contributed by atoms with van der Waals surface area (Å²) in [6.45, 7) is 3.26. The highest BCUT2D eigenvalue weighted by Gasteiger charge is 2.15. The zero-order valence-corrected chi connectivity index (χ0v) is 6.95. The molecule has 0 aromatic carbocycles. The standard InChI is InChI=1S/C8H12O4/c1-3-6(9)4-5-7(10)8(11)12-2/h3,7,10H,1,4-5H2,2H3/t7-/m1/s1. The Morgan fingerprint density at radius 1 is 1.67 bits per heavy atom. The molecule has 1 N–H and O–H groups in total. The van der Waals surface area contributed by atoms with Gasteiger partial charge in [0.25, 0.3) is 0 Å². The van der Waals surface area contributed by atoms with Gasteiger partial charge in [0.05, 0.1) is 7.11 Å². The molecule has 0 aliphatic carbocycles. The number of aliphatic hydroxyl groups is 1. The third-order valence-electron chi connectivity index (χ3n) is 1.37. The molecule has 0 aliphatic rings. The normalized spacial score (nSPS) is 11.8. The van der Waals surface area contributed by atoms with Crippen molar-refractivity contribution in [2.45, 2.75) is 18.9 Å². The number of hydrogen-bond acceptors (Lipinski definition) is 4. The van der Waals surface area contributed by atoms with Crippen molar-refractivity contribution in [3.63, 3.8) is 0 Å². The van der Waals surface area contributed by atoms with Crippen LogP contribution in [0, 0.1) is 0 Å². The summed E-state index contributed by atoms with van der Waals surface area (Å²) >= 11 is 0. The summed E-state index contributed by atoms with van der Waals surface area (Å²) in [4.78, 5) is 21.2. The number of ether oxygens (including phenoxy) is 1. The molecule has 1 atom stereocenters. The van der Waals surface area contributed by atoms with Gasteiger partial charge >= 0.3 is 5.97 Å². The fraction of sp³-hybridized carbons (Fsp3) is 0.500. The highest BCUT2D eigenvalue weighted by molar-refractivity contribution is 5.89. The van der Waals surface area contributed by atoms with Crippen molar-refractivity contribution in [2.24, 2.45) is 0 Å². The molecule has 4 heteroatoms. The predicted octanol–water partition coefficient (Wildman–Crippen LogP) is 0.0556. The summed E-state index contributed by atoms with van der Waals surface area (Å²) in [6, 6.07) is 0. The highest BCUT2D eigenvalue weighted by Crippen LogP contribution is 1.99. The van der Waals surface area contributed by atoms with Crippen LogP contribution in [0.3, 0.4) is 0 Å². The van der Waals surface area contributed by atoms with Crippen molar-refractivity contribution in [2.75, 3.05) is 7.11 Å². The Hall–Kier alpha value is -1.16. The van der Waals surface area contributed by atoms with Crippen LogP contribution in [-0.4, -0.2) is 30.1 Å². The first-order chi connectivity index (χ1) is 5.61. The van der Waals surface area contributed by atoms with Crippen molar-refractivity contribution in [3.8, 4) is 0 Å². The molecule has 0 rings (SSSR count). The molecule has 12 heavy (non-hydrogen) atoms. The fourth-order valence-corrected chi connectivity index (χ4v) is 0.635. The number of esters is 1. The van der Waals surface area contributed by atoms with Gasteiger partial charge in [0.2, 0.25) is 0 Å². The molecule has 0 saturated heterocycles. The van der Waals surface area contributed by atoms with Gasteiger partial charge in [-0.15, -0.1) is 0 Å². The highest BCUT2D eigenvalue weighted by atomic mass is 16.5. The summed E-state index contributed by atoms with van der Waals surface area (Å²) in [6.07, 6.45) is 0.139. The molecule has 0 fully saturated rings. The third kappa shape index (κ3) is 3.88.